The van der Waals surface area contributed by atoms with Crippen LogP contribution in [0.15, 0.2) is 24.3 Å². The molecule has 1 aromatic rings. The molecule has 1 aromatic carbocycles. The minimum atomic E-state index is -0.122. The molecule has 5 rings (SSSR count). The highest BCUT2D eigenvalue weighted by atomic mass is 35.5. The fourth-order valence-electron chi connectivity index (χ4n) is 5.41. The summed E-state index contributed by atoms with van der Waals surface area (Å²) in [4.78, 5) is 26.8. The van der Waals surface area contributed by atoms with Crippen LogP contribution in [0.5, 0.6) is 0 Å². The van der Waals surface area contributed by atoms with E-state index in [0.29, 0.717) is 5.41 Å². The van der Waals surface area contributed by atoms with Crippen LogP contribution < -0.4 is 5.32 Å². The molecule has 1 saturated carbocycles. The number of piperidine rings is 3. The Labute approximate surface area is 186 Å². The van der Waals surface area contributed by atoms with Gasteiger partial charge in [0.05, 0.1) is 13.0 Å². The van der Waals surface area contributed by atoms with Crippen LogP contribution in [0.3, 0.4) is 0 Å². The van der Waals surface area contributed by atoms with E-state index in [1.165, 1.54) is 58.0 Å². The van der Waals surface area contributed by atoms with E-state index in [4.69, 9.17) is 4.74 Å². The maximum absolute atomic E-state index is 12.6. The number of hydrogen-bond acceptors (Lipinski definition) is 4. The van der Waals surface area contributed by atoms with Crippen molar-refractivity contribution in [2.24, 2.45) is 11.3 Å². The fourth-order valence-corrected chi connectivity index (χ4v) is 5.41. The van der Waals surface area contributed by atoms with Crippen molar-refractivity contribution in [2.75, 3.05) is 26.7 Å². The molecule has 3 heterocycles. The Morgan fingerprint density at radius 3 is 2.20 bits per heavy atom. The molecule has 0 radical (unpaired) electrons. The summed E-state index contributed by atoms with van der Waals surface area (Å²) in [5, 5.41) is 3.14. The Morgan fingerprint density at radius 2 is 1.63 bits per heavy atom. The summed E-state index contributed by atoms with van der Waals surface area (Å²) in [6.45, 7) is 3.84. The van der Waals surface area contributed by atoms with Gasteiger partial charge < -0.3 is 15.0 Å². The highest BCUT2D eigenvalue weighted by Crippen LogP contribution is 2.43. The lowest BCUT2D eigenvalue weighted by Gasteiger charge is -2.48. The predicted molar refractivity (Wildman–Crippen MR) is 120 cm³/mol. The second-order valence-electron chi connectivity index (χ2n) is 9.33. The van der Waals surface area contributed by atoms with Gasteiger partial charge in [0.25, 0.3) is 5.91 Å². The number of halogens is 1. The summed E-state index contributed by atoms with van der Waals surface area (Å²) in [6.07, 6.45) is 9.69. The molecule has 3 saturated heterocycles. The van der Waals surface area contributed by atoms with E-state index in [-0.39, 0.29) is 36.2 Å². The number of nitrogens with one attached hydrogen (secondary N) is 1. The summed E-state index contributed by atoms with van der Waals surface area (Å²) in [5.41, 5.74) is 2.63. The first kappa shape index (κ1) is 23.1. The SMILES string of the molecule is COC(=O)C1CCC(NC(=O)c2ccc(CCC34CCN(CC3)CC4)cc2)CC1.Cl. The number of ether oxygens (including phenoxy) is 1. The zero-order valence-electron chi connectivity index (χ0n) is 18.0. The molecule has 2 bridgehead atoms. The molecular formula is C24H35ClN2O3. The third-order valence-electron chi connectivity index (χ3n) is 7.63. The number of esters is 1. The van der Waals surface area contributed by atoms with Crippen molar-refractivity contribution in [1.29, 1.82) is 0 Å². The van der Waals surface area contributed by atoms with E-state index < -0.39 is 0 Å². The van der Waals surface area contributed by atoms with Gasteiger partial charge in [0, 0.05) is 11.6 Å². The van der Waals surface area contributed by atoms with Gasteiger partial charge >= 0.3 is 5.97 Å². The van der Waals surface area contributed by atoms with E-state index in [0.717, 1.165) is 37.7 Å². The third kappa shape index (κ3) is 5.36. The Bertz CT molecular complexity index is 707. The van der Waals surface area contributed by atoms with Crippen LogP contribution in [0.1, 0.15) is 67.3 Å². The summed E-state index contributed by atoms with van der Waals surface area (Å²) >= 11 is 0. The summed E-state index contributed by atoms with van der Waals surface area (Å²) in [6, 6.07) is 8.33. The summed E-state index contributed by atoms with van der Waals surface area (Å²) in [7, 11) is 1.44. The van der Waals surface area contributed by atoms with Crippen molar-refractivity contribution >= 4 is 24.3 Å². The van der Waals surface area contributed by atoms with Crippen molar-refractivity contribution in [3.05, 3.63) is 35.4 Å². The van der Waals surface area contributed by atoms with Crippen LogP contribution >= 0.6 is 12.4 Å². The maximum Gasteiger partial charge on any atom is 0.308 e. The van der Waals surface area contributed by atoms with Crippen molar-refractivity contribution < 1.29 is 14.3 Å². The second kappa shape index (κ2) is 10.1. The molecule has 1 amide bonds. The van der Waals surface area contributed by atoms with E-state index in [1.54, 1.807) is 0 Å². The van der Waals surface area contributed by atoms with Gasteiger partial charge in [-0.2, -0.15) is 0 Å². The van der Waals surface area contributed by atoms with Crippen LogP contribution in [-0.4, -0.2) is 49.6 Å². The molecule has 1 N–H and O–H groups in total. The van der Waals surface area contributed by atoms with Gasteiger partial charge in [0.1, 0.15) is 0 Å². The average Bonchev–Trinajstić information content (AvgIpc) is 2.79. The molecule has 4 fully saturated rings. The molecule has 0 atom stereocenters. The number of fused-ring (bicyclic) bond motifs is 3. The van der Waals surface area contributed by atoms with Crippen LogP contribution in [-0.2, 0) is 16.0 Å². The standard InChI is InChI=1S/C24H34N2O3.ClH/c1-29-23(28)20-6-8-21(9-7-20)25-22(27)19-4-2-18(3-5-19)10-11-24-12-15-26(16-13-24)17-14-24;/h2-5,20-21H,6-17H2,1H3,(H,25,27);1H. The zero-order valence-corrected chi connectivity index (χ0v) is 18.8. The van der Waals surface area contributed by atoms with Crippen LogP contribution in [0.4, 0.5) is 0 Å². The average molecular weight is 435 g/mol. The largest absolute Gasteiger partial charge is 0.469 e. The van der Waals surface area contributed by atoms with Gasteiger partial charge in [0.15, 0.2) is 0 Å². The first-order chi connectivity index (χ1) is 14.1. The number of benzene rings is 1. The van der Waals surface area contributed by atoms with E-state index >= 15 is 0 Å². The lowest BCUT2D eigenvalue weighted by Crippen LogP contribution is -2.48. The number of aryl methyl sites for hydroxylation is 1. The highest BCUT2D eigenvalue weighted by Gasteiger charge is 2.38. The molecule has 30 heavy (non-hydrogen) atoms. The molecule has 0 unspecified atom stereocenters. The number of nitrogens with zero attached hydrogens (tertiary/aromatic N) is 1. The van der Waals surface area contributed by atoms with Gasteiger partial charge in [-0.1, -0.05) is 12.1 Å². The van der Waals surface area contributed by atoms with Gasteiger partial charge in [-0.15, -0.1) is 12.4 Å². The number of carbonyl (C=O) groups is 2. The van der Waals surface area contributed by atoms with Crippen molar-refractivity contribution in [1.82, 2.24) is 10.2 Å². The number of hydrogen-bond donors (Lipinski definition) is 1. The molecule has 1 aliphatic carbocycles. The van der Waals surface area contributed by atoms with E-state index in [2.05, 4.69) is 22.3 Å². The second-order valence-corrected chi connectivity index (χ2v) is 9.33. The first-order valence-electron chi connectivity index (χ1n) is 11.3. The van der Waals surface area contributed by atoms with Gasteiger partial charge in [-0.25, -0.2) is 0 Å². The number of rotatable bonds is 6. The molecule has 0 aromatic heterocycles. The molecule has 6 heteroatoms. The first-order valence-corrected chi connectivity index (χ1v) is 11.3. The predicted octanol–water partition coefficient (Wildman–Crippen LogP) is 3.99. The summed E-state index contributed by atoms with van der Waals surface area (Å²) in [5.74, 6) is -0.136. The molecule has 4 aliphatic rings. The maximum atomic E-state index is 12.6. The molecular weight excluding hydrogens is 400 g/mol. The normalized spacial score (nSPS) is 30.2. The molecule has 166 valence electrons. The smallest absolute Gasteiger partial charge is 0.308 e. The van der Waals surface area contributed by atoms with E-state index in [1.807, 2.05) is 12.1 Å². The quantitative estimate of drug-likeness (QED) is 0.688. The molecule has 5 nitrogen and oxygen atoms in total. The molecule has 3 aliphatic heterocycles. The Kier molecular flexibility index (Phi) is 7.81. The zero-order chi connectivity index (χ0) is 20.3. The minimum absolute atomic E-state index is 0. The number of methoxy groups -OCH3 is 1. The third-order valence-corrected chi connectivity index (χ3v) is 7.63. The molecule has 0 spiro atoms. The lowest BCUT2D eigenvalue weighted by atomic mass is 9.69. The van der Waals surface area contributed by atoms with Crippen LogP contribution in [0.2, 0.25) is 0 Å². The van der Waals surface area contributed by atoms with Crippen LogP contribution in [0, 0.1) is 11.3 Å². The summed E-state index contributed by atoms with van der Waals surface area (Å²) < 4.78 is 4.83. The number of carbonyl (C=O) groups excluding carboxylic acids is 2. The number of amides is 1. The Balaban J connectivity index is 0.00000256. The lowest BCUT2D eigenvalue weighted by molar-refractivity contribution is -0.146. The van der Waals surface area contributed by atoms with Crippen molar-refractivity contribution in [3.63, 3.8) is 0 Å². The topological polar surface area (TPSA) is 58.6 Å². The fraction of sp³-hybridized carbons (Fsp3) is 0.667. The highest BCUT2D eigenvalue weighted by molar-refractivity contribution is 5.94. The van der Waals surface area contributed by atoms with Crippen LogP contribution in [0.25, 0.3) is 0 Å². The van der Waals surface area contributed by atoms with Gasteiger partial charge in [-0.05, 0) is 101 Å². The monoisotopic (exact) mass is 434 g/mol. The van der Waals surface area contributed by atoms with E-state index in [9.17, 15) is 9.59 Å². The van der Waals surface area contributed by atoms with Crippen molar-refractivity contribution in [2.45, 2.75) is 63.8 Å². The van der Waals surface area contributed by atoms with Crippen molar-refractivity contribution in [3.8, 4) is 0 Å². The van der Waals surface area contributed by atoms with Gasteiger partial charge in [-0.3, -0.25) is 9.59 Å². The Morgan fingerprint density at radius 1 is 1.03 bits per heavy atom. The minimum Gasteiger partial charge on any atom is -0.469 e. The van der Waals surface area contributed by atoms with Gasteiger partial charge in [0.2, 0.25) is 0 Å². The Hall–Kier alpha value is -1.59.